The molecule has 0 aliphatic carbocycles. The van der Waals surface area contributed by atoms with E-state index in [1.807, 2.05) is 6.92 Å². The summed E-state index contributed by atoms with van der Waals surface area (Å²) in [5.74, 6) is -0.741. The van der Waals surface area contributed by atoms with Crippen molar-refractivity contribution in [1.29, 1.82) is 0 Å². The van der Waals surface area contributed by atoms with Gasteiger partial charge in [-0.25, -0.2) is 12.8 Å². The summed E-state index contributed by atoms with van der Waals surface area (Å²) in [5, 5.41) is 0. The quantitative estimate of drug-likeness (QED) is 0.847. The van der Waals surface area contributed by atoms with Crippen LogP contribution in [0.25, 0.3) is 0 Å². The highest BCUT2D eigenvalue weighted by Crippen LogP contribution is 2.25. The van der Waals surface area contributed by atoms with E-state index in [0.717, 1.165) is 6.54 Å². The molecule has 1 aromatic carbocycles. The minimum atomic E-state index is -3.81. The van der Waals surface area contributed by atoms with Crippen molar-refractivity contribution < 1.29 is 12.8 Å². The third-order valence-electron chi connectivity index (χ3n) is 3.72. The van der Waals surface area contributed by atoms with Crippen molar-refractivity contribution in [3.05, 3.63) is 23.5 Å². The lowest BCUT2D eigenvalue weighted by Crippen LogP contribution is -2.48. The second-order valence-electron chi connectivity index (χ2n) is 4.98. The second-order valence-corrected chi connectivity index (χ2v) is 6.88. The molecule has 1 aliphatic rings. The maximum atomic E-state index is 14.0. The van der Waals surface area contributed by atoms with Gasteiger partial charge >= 0.3 is 0 Å². The molecule has 7 heteroatoms. The van der Waals surface area contributed by atoms with Gasteiger partial charge in [-0.2, -0.15) is 4.31 Å². The first kappa shape index (κ1) is 15.2. The zero-order chi connectivity index (χ0) is 14.9. The van der Waals surface area contributed by atoms with E-state index in [9.17, 15) is 12.8 Å². The molecule has 1 saturated heterocycles. The molecule has 0 bridgehead atoms. The largest absolute Gasteiger partial charge is 0.398 e. The van der Waals surface area contributed by atoms with Crippen molar-refractivity contribution in [3.8, 4) is 0 Å². The topological polar surface area (TPSA) is 66.6 Å². The first-order valence-electron chi connectivity index (χ1n) is 6.64. The van der Waals surface area contributed by atoms with E-state index in [1.54, 1.807) is 6.92 Å². The maximum Gasteiger partial charge on any atom is 0.246 e. The lowest BCUT2D eigenvalue weighted by atomic mass is 10.2. The first-order valence-corrected chi connectivity index (χ1v) is 8.08. The van der Waals surface area contributed by atoms with Crippen LogP contribution in [0.3, 0.4) is 0 Å². The Balaban J connectivity index is 2.30. The third-order valence-corrected chi connectivity index (χ3v) is 5.63. The van der Waals surface area contributed by atoms with Crippen molar-refractivity contribution in [2.24, 2.45) is 0 Å². The van der Waals surface area contributed by atoms with Gasteiger partial charge in [0.15, 0.2) is 0 Å². The number of sulfonamides is 1. The van der Waals surface area contributed by atoms with Gasteiger partial charge in [0.1, 0.15) is 10.7 Å². The monoisotopic (exact) mass is 301 g/mol. The van der Waals surface area contributed by atoms with E-state index >= 15 is 0 Å². The van der Waals surface area contributed by atoms with Crippen LogP contribution in [0.15, 0.2) is 17.0 Å². The molecule has 0 amide bonds. The Morgan fingerprint density at radius 2 is 1.85 bits per heavy atom. The van der Waals surface area contributed by atoms with Gasteiger partial charge in [0.25, 0.3) is 0 Å². The van der Waals surface area contributed by atoms with Gasteiger partial charge < -0.3 is 10.6 Å². The molecule has 1 aliphatic heterocycles. The molecule has 1 aromatic rings. The zero-order valence-corrected chi connectivity index (χ0v) is 12.6. The zero-order valence-electron chi connectivity index (χ0n) is 11.8. The normalized spacial score (nSPS) is 18.4. The summed E-state index contributed by atoms with van der Waals surface area (Å²) in [4.78, 5) is 1.83. The number of anilines is 1. The highest BCUT2D eigenvalue weighted by molar-refractivity contribution is 7.89. The summed E-state index contributed by atoms with van der Waals surface area (Å²) >= 11 is 0. The molecule has 0 unspecified atom stereocenters. The molecular formula is C13H20FN3O2S. The molecule has 20 heavy (non-hydrogen) atoms. The van der Waals surface area contributed by atoms with Crippen LogP contribution in [0, 0.1) is 12.7 Å². The summed E-state index contributed by atoms with van der Waals surface area (Å²) < 4.78 is 40.2. The average Bonchev–Trinajstić information content (AvgIpc) is 2.42. The number of nitrogens with two attached hydrogens (primary N) is 1. The van der Waals surface area contributed by atoms with E-state index in [-0.39, 0.29) is 10.6 Å². The van der Waals surface area contributed by atoms with E-state index in [0.29, 0.717) is 31.7 Å². The van der Waals surface area contributed by atoms with Crippen LogP contribution >= 0.6 is 0 Å². The van der Waals surface area contributed by atoms with Crippen molar-refractivity contribution in [2.45, 2.75) is 18.7 Å². The number of nitrogens with zero attached hydrogens (tertiary/aromatic N) is 2. The highest BCUT2D eigenvalue weighted by atomic mass is 32.2. The van der Waals surface area contributed by atoms with Crippen molar-refractivity contribution in [2.75, 3.05) is 38.5 Å². The van der Waals surface area contributed by atoms with Gasteiger partial charge in [-0.3, -0.25) is 0 Å². The van der Waals surface area contributed by atoms with Gasteiger partial charge in [0, 0.05) is 31.9 Å². The molecular weight excluding hydrogens is 281 g/mol. The van der Waals surface area contributed by atoms with Gasteiger partial charge in [-0.1, -0.05) is 6.92 Å². The number of benzene rings is 1. The summed E-state index contributed by atoms with van der Waals surface area (Å²) in [5.41, 5.74) is 6.53. The van der Waals surface area contributed by atoms with Crippen LogP contribution in [0.4, 0.5) is 10.1 Å². The number of piperazine rings is 1. The van der Waals surface area contributed by atoms with Crippen molar-refractivity contribution in [1.82, 2.24) is 9.21 Å². The minimum Gasteiger partial charge on any atom is -0.398 e. The highest BCUT2D eigenvalue weighted by Gasteiger charge is 2.30. The lowest BCUT2D eigenvalue weighted by molar-refractivity contribution is 0.196. The minimum absolute atomic E-state index is 0.289. The SMILES string of the molecule is CCN1CCN(S(=O)(=O)c2cc(N)c(C)cc2F)CC1. The van der Waals surface area contributed by atoms with Gasteiger partial charge in [0.05, 0.1) is 0 Å². The first-order chi connectivity index (χ1) is 9.36. The van der Waals surface area contributed by atoms with Crippen molar-refractivity contribution >= 4 is 15.7 Å². The number of rotatable bonds is 3. The summed E-state index contributed by atoms with van der Waals surface area (Å²) in [6.45, 7) is 6.66. The third kappa shape index (κ3) is 2.79. The Morgan fingerprint density at radius 3 is 2.40 bits per heavy atom. The Morgan fingerprint density at radius 1 is 1.25 bits per heavy atom. The second kappa shape index (κ2) is 5.67. The molecule has 0 atom stereocenters. The van der Waals surface area contributed by atoms with E-state index in [1.165, 1.54) is 16.4 Å². The van der Waals surface area contributed by atoms with Gasteiger partial charge in [0.2, 0.25) is 10.0 Å². The van der Waals surface area contributed by atoms with Crippen LogP contribution in [-0.4, -0.2) is 50.3 Å². The standard InChI is InChI=1S/C13H20FN3O2S/c1-3-16-4-6-17(7-5-16)20(18,19)13-9-12(15)10(2)8-11(13)14/h8-9H,3-7,15H2,1-2H3. The summed E-state index contributed by atoms with van der Waals surface area (Å²) in [6.07, 6.45) is 0. The van der Waals surface area contributed by atoms with E-state index < -0.39 is 15.8 Å². The fourth-order valence-electron chi connectivity index (χ4n) is 2.29. The number of nitrogen functional groups attached to an aromatic ring is 1. The maximum absolute atomic E-state index is 14.0. The Labute approximate surface area is 119 Å². The molecule has 0 radical (unpaired) electrons. The summed E-state index contributed by atoms with van der Waals surface area (Å²) in [7, 11) is -3.81. The van der Waals surface area contributed by atoms with Gasteiger partial charge in [-0.05, 0) is 31.2 Å². The number of hydrogen-bond donors (Lipinski definition) is 1. The molecule has 1 heterocycles. The molecule has 0 spiro atoms. The van der Waals surface area contributed by atoms with Gasteiger partial charge in [-0.15, -0.1) is 0 Å². The predicted molar refractivity (Wildman–Crippen MR) is 76.4 cm³/mol. The molecule has 0 aromatic heterocycles. The molecule has 1 fully saturated rings. The van der Waals surface area contributed by atoms with Crippen LogP contribution in [-0.2, 0) is 10.0 Å². The Kier molecular flexibility index (Phi) is 4.31. The smallest absolute Gasteiger partial charge is 0.246 e. The molecule has 2 rings (SSSR count). The lowest BCUT2D eigenvalue weighted by Gasteiger charge is -2.33. The van der Waals surface area contributed by atoms with Crippen LogP contribution < -0.4 is 5.73 Å². The van der Waals surface area contributed by atoms with E-state index in [2.05, 4.69) is 4.90 Å². The van der Waals surface area contributed by atoms with Crippen LogP contribution in [0.1, 0.15) is 12.5 Å². The molecule has 2 N–H and O–H groups in total. The number of hydrogen-bond acceptors (Lipinski definition) is 4. The fraction of sp³-hybridized carbons (Fsp3) is 0.538. The van der Waals surface area contributed by atoms with Crippen LogP contribution in [0.5, 0.6) is 0 Å². The predicted octanol–water partition coefficient (Wildman–Crippen LogP) is 1.04. The van der Waals surface area contributed by atoms with E-state index in [4.69, 9.17) is 5.73 Å². The number of aryl methyl sites for hydroxylation is 1. The molecule has 0 saturated carbocycles. The molecule has 112 valence electrons. The number of likely N-dealkylation sites (N-methyl/N-ethyl adjacent to an activating group) is 1. The van der Waals surface area contributed by atoms with Crippen molar-refractivity contribution in [3.63, 3.8) is 0 Å². The molecule has 5 nitrogen and oxygen atoms in total. The number of halogens is 1. The average molecular weight is 301 g/mol. The summed E-state index contributed by atoms with van der Waals surface area (Å²) in [6, 6.07) is 2.39. The fourth-order valence-corrected chi connectivity index (χ4v) is 3.79. The Hall–Kier alpha value is -1.18. The Bertz CT molecular complexity index is 596. The van der Waals surface area contributed by atoms with Crippen LogP contribution in [0.2, 0.25) is 0 Å².